The minimum Gasteiger partial charge on any atom is -0.492 e. The first kappa shape index (κ1) is 11.2. The molecule has 1 aliphatic rings. The summed E-state index contributed by atoms with van der Waals surface area (Å²) < 4.78 is 5.81. The van der Waals surface area contributed by atoms with Crippen molar-refractivity contribution in [1.82, 2.24) is 10.3 Å². The summed E-state index contributed by atoms with van der Waals surface area (Å²) in [5, 5.41) is 3.48. The summed E-state index contributed by atoms with van der Waals surface area (Å²) in [6.07, 6.45) is 4.87. The molecule has 0 saturated heterocycles. The van der Waals surface area contributed by atoms with Gasteiger partial charge in [0.2, 0.25) is 0 Å². The summed E-state index contributed by atoms with van der Waals surface area (Å²) in [6.45, 7) is 1.64. The molecule has 2 aromatic rings. The fourth-order valence-electron chi connectivity index (χ4n) is 2.31. The molecule has 1 aromatic heterocycles. The van der Waals surface area contributed by atoms with E-state index in [0.29, 0.717) is 6.61 Å². The van der Waals surface area contributed by atoms with Crippen molar-refractivity contribution in [2.75, 3.05) is 13.2 Å². The van der Waals surface area contributed by atoms with Crippen LogP contribution in [0, 0.1) is 0 Å². The molecular weight excluding hydrogens is 224 g/mol. The molecule has 1 atom stereocenters. The van der Waals surface area contributed by atoms with Crippen LogP contribution >= 0.6 is 0 Å². The van der Waals surface area contributed by atoms with E-state index in [9.17, 15) is 0 Å². The molecule has 0 fully saturated rings. The smallest absolute Gasteiger partial charge is 0.119 e. The molecular formula is C15H16N2O. The molecule has 1 aliphatic heterocycles. The Bertz CT molecular complexity index is 513. The molecule has 0 amide bonds. The fraction of sp³-hybridized carbons (Fsp3) is 0.267. The van der Waals surface area contributed by atoms with Crippen molar-refractivity contribution in [2.24, 2.45) is 0 Å². The van der Waals surface area contributed by atoms with Gasteiger partial charge in [-0.2, -0.15) is 0 Å². The molecule has 1 N–H and O–H groups in total. The van der Waals surface area contributed by atoms with Crippen LogP contribution in [0.15, 0.2) is 48.8 Å². The highest BCUT2D eigenvalue weighted by molar-refractivity contribution is 5.30. The number of nitrogens with zero attached hydrogens (tertiary/aromatic N) is 1. The number of aromatic nitrogens is 1. The van der Waals surface area contributed by atoms with E-state index in [-0.39, 0.29) is 6.04 Å². The molecule has 1 aromatic carbocycles. The van der Waals surface area contributed by atoms with Crippen LogP contribution in [-0.2, 0) is 6.42 Å². The summed E-state index contributed by atoms with van der Waals surface area (Å²) in [7, 11) is 0. The fourth-order valence-corrected chi connectivity index (χ4v) is 2.31. The highest BCUT2D eigenvalue weighted by Crippen LogP contribution is 2.22. The maximum absolute atomic E-state index is 5.81. The van der Waals surface area contributed by atoms with E-state index in [2.05, 4.69) is 16.4 Å². The second kappa shape index (κ2) is 5.19. The number of nitrogens with one attached hydrogen (secondary N) is 1. The van der Waals surface area contributed by atoms with Crippen LogP contribution in [0.4, 0.5) is 0 Å². The van der Waals surface area contributed by atoms with Gasteiger partial charge in [-0.15, -0.1) is 0 Å². The Morgan fingerprint density at radius 1 is 1.22 bits per heavy atom. The average Bonchev–Trinajstić information content (AvgIpc) is 2.46. The summed E-state index contributed by atoms with van der Waals surface area (Å²) in [6, 6.07) is 12.3. The largest absolute Gasteiger partial charge is 0.492 e. The van der Waals surface area contributed by atoms with Crippen LogP contribution in [0.25, 0.3) is 0 Å². The molecule has 18 heavy (non-hydrogen) atoms. The molecule has 0 saturated carbocycles. The second-order valence-electron chi connectivity index (χ2n) is 4.46. The number of ether oxygens (including phenoxy) is 1. The minimum atomic E-state index is 0.239. The van der Waals surface area contributed by atoms with E-state index in [4.69, 9.17) is 4.74 Å². The Morgan fingerprint density at radius 2 is 2.11 bits per heavy atom. The lowest BCUT2D eigenvalue weighted by molar-refractivity contribution is 0.261. The number of benzene rings is 1. The number of para-hydroxylation sites is 1. The maximum atomic E-state index is 5.81. The summed E-state index contributed by atoms with van der Waals surface area (Å²) in [5.74, 6) is 0.912. The quantitative estimate of drug-likeness (QED) is 0.894. The van der Waals surface area contributed by atoms with Crippen LogP contribution in [0.1, 0.15) is 17.2 Å². The van der Waals surface area contributed by atoms with E-state index >= 15 is 0 Å². The summed E-state index contributed by atoms with van der Waals surface area (Å²) in [4.78, 5) is 4.21. The van der Waals surface area contributed by atoms with Crippen LogP contribution < -0.4 is 10.1 Å². The summed E-state index contributed by atoms with van der Waals surface area (Å²) in [5.41, 5.74) is 2.64. The minimum absolute atomic E-state index is 0.239. The number of fused-ring (bicyclic) bond motifs is 1. The van der Waals surface area contributed by atoms with Crippen molar-refractivity contribution in [3.63, 3.8) is 0 Å². The number of pyridine rings is 1. The third-order valence-corrected chi connectivity index (χ3v) is 3.27. The lowest BCUT2D eigenvalue weighted by atomic mass is 9.97. The zero-order valence-electron chi connectivity index (χ0n) is 10.2. The van der Waals surface area contributed by atoms with Crippen molar-refractivity contribution in [3.05, 3.63) is 59.9 Å². The van der Waals surface area contributed by atoms with Gasteiger partial charge in [-0.25, -0.2) is 0 Å². The molecule has 3 nitrogen and oxygen atoms in total. The zero-order valence-corrected chi connectivity index (χ0v) is 10.2. The molecule has 1 unspecified atom stereocenters. The number of hydrogen-bond donors (Lipinski definition) is 1. The van der Waals surface area contributed by atoms with Gasteiger partial charge in [0.15, 0.2) is 0 Å². The SMILES string of the molecule is c1ccc(OCC2NCCc3ccncc32)cc1. The molecule has 0 bridgehead atoms. The van der Waals surface area contributed by atoms with Gasteiger partial charge in [0.05, 0.1) is 6.04 Å². The Balaban J connectivity index is 1.71. The van der Waals surface area contributed by atoms with Gasteiger partial charge in [0.1, 0.15) is 12.4 Å². The molecule has 3 rings (SSSR count). The van der Waals surface area contributed by atoms with Gasteiger partial charge in [0, 0.05) is 12.4 Å². The monoisotopic (exact) mass is 240 g/mol. The van der Waals surface area contributed by atoms with Crippen molar-refractivity contribution in [1.29, 1.82) is 0 Å². The second-order valence-corrected chi connectivity index (χ2v) is 4.46. The van der Waals surface area contributed by atoms with Gasteiger partial charge in [0.25, 0.3) is 0 Å². The van der Waals surface area contributed by atoms with Crippen LogP contribution in [-0.4, -0.2) is 18.1 Å². The Labute approximate surface area is 107 Å². The van der Waals surface area contributed by atoms with Gasteiger partial charge in [-0.3, -0.25) is 4.98 Å². The van der Waals surface area contributed by atoms with Gasteiger partial charge < -0.3 is 10.1 Å². The third-order valence-electron chi connectivity index (χ3n) is 3.27. The highest BCUT2D eigenvalue weighted by Gasteiger charge is 2.19. The third kappa shape index (κ3) is 2.36. The van der Waals surface area contributed by atoms with E-state index in [1.165, 1.54) is 11.1 Å². The summed E-state index contributed by atoms with van der Waals surface area (Å²) >= 11 is 0. The van der Waals surface area contributed by atoms with Crippen molar-refractivity contribution >= 4 is 0 Å². The van der Waals surface area contributed by atoms with Crippen LogP contribution in [0.3, 0.4) is 0 Å². The Kier molecular flexibility index (Phi) is 3.24. The number of rotatable bonds is 3. The lowest BCUT2D eigenvalue weighted by Gasteiger charge is -2.26. The van der Waals surface area contributed by atoms with Crippen molar-refractivity contribution in [3.8, 4) is 5.75 Å². The van der Waals surface area contributed by atoms with E-state index in [1.807, 2.05) is 42.7 Å². The van der Waals surface area contributed by atoms with E-state index in [1.54, 1.807) is 0 Å². The van der Waals surface area contributed by atoms with E-state index < -0.39 is 0 Å². The molecule has 92 valence electrons. The maximum Gasteiger partial charge on any atom is 0.119 e. The molecule has 0 spiro atoms. The Hall–Kier alpha value is -1.87. The zero-order chi connectivity index (χ0) is 12.2. The van der Waals surface area contributed by atoms with Crippen molar-refractivity contribution < 1.29 is 4.74 Å². The van der Waals surface area contributed by atoms with Crippen molar-refractivity contribution in [2.45, 2.75) is 12.5 Å². The topological polar surface area (TPSA) is 34.1 Å². The Morgan fingerprint density at radius 3 is 3.00 bits per heavy atom. The van der Waals surface area contributed by atoms with Gasteiger partial charge >= 0.3 is 0 Å². The normalized spacial score (nSPS) is 18.1. The molecule has 2 heterocycles. The first-order valence-corrected chi connectivity index (χ1v) is 6.27. The predicted octanol–water partition coefficient (Wildman–Crippen LogP) is 2.35. The lowest BCUT2D eigenvalue weighted by Crippen LogP contribution is -2.33. The average molecular weight is 240 g/mol. The van der Waals surface area contributed by atoms with Gasteiger partial charge in [-0.1, -0.05) is 18.2 Å². The molecule has 3 heteroatoms. The van der Waals surface area contributed by atoms with Crippen LogP contribution in [0.5, 0.6) is 5.75 Å². The first-order valence-electron chi connectivity index (χ1n) is 6.27. The molecule has 0 radical (unpaired) electrons. The van der Waals surface area contributed by atoms with Crippen LogP contribution in [0.2, 0.25) is 0 Å². The first-order chi connectivity index (χ1) is 8.93. The predicted molar refractivity (Wildman–Crippen MR) is 70.6 cm³/mol. The van der Waals surface area contributed by atoms with Gasteiger partial charge in [-0.05, 0) is 42.3 Å². The highest BCUT2D eigenvalue weighted by atomic mass is 16.5. The number of hydrogen-bond acceptors (Lipinski definition) is 3. The van der Waals surface area contributed by atoms with E-state index in [0.717, 1.165) is 18.7 Å². The molecule has 0 aliphatic carbocycles. The standard InChI is InChI=1S/C15H16N2O/c1-2-4-13(5-3-1)18-11-15-14-10-16-8-6-12(14)7-9-17-15/h1-6,8,10,15,17H,7,9,11H2.